The first-order chi connectivity index (χ1) is 10.2. The molecule has 2 nitrogen and oxygen atoms in total. The van der Waals surface area contributed by atoms with Gasteiger partial charge in [0.2, 0.25) is 0 Å². The van der Waals surface area contributed by atoms with Gasteiger partial charge < -0.3 is 5.32 Å². The van der Waals surface area contributed by atoms with Gasteiger partial charge in [-0.15, -0.1) is 0 Å². The van der Waals surface area contributed by atoms with Crippen molar-refractivity contribution in [2.45, 2.75) is 65.5 Å². The Labute approximate surface area is 130 Å². The van der Waals surface area contributed by atoms with Gasteiger partial charge in [0.15, 0.2) is 0 Å². The van der Waals surface area contributed by atoms with Gasteiger partial charge in [-0.3, -0.25) is 4.90 Å². The van der Waals surface area contributed by atoms with E-state index in [1.807, 2.05) is 0 Å². The molecule has 0 radical (unpaired) electrons. The quantitative estimate of drug-likeness (QED) is 0.732. The Morgan fingerprint density at radius 2 is 1.95 bits per heavy atom. The molecule has 0 bridgehead atoms. The van der Waals surface area contributed by atoms with Crippen LogP contribution < -0.4 is 5.32 Å². The number of hydrogen-bond donors (Lipinski definition) is 1. The van der Waals surface area contributed by atoms with Gasteiger partial charge in [0.1, 0.15) is 0 Å². The molecule has 0 aromatic heterocycles. The van der Waals surface area contributed by atoms with Crippen molar-refractivity contribution in [3.63, 3.8) is 0 Å². The van der Waals surface area contributed by atoms with E-state index in [9.17, 15) is 0 Å². The third-order valence-electron chi connectivity index (χ3n) is 4.44. The van der Waals surface area contributed by atoms with Crippen LogP contribution in [0, 0.1) is 13.8 Å². The Morgan fingerprint density at radius 3 is 2.57 bits per heavy atom. The summed E-state index contributed by atoms with van der Waals surface area (Å²) in [5.74, 6) is 0. The summed E-state index contributed by atoms with van der Waals surface area (Å²) in [6.07, 6.45) is 5.24. The normalized spacial score (nSPS) is 16.4. The first-order valence-corrected chi connectivity index (χ1v) is 8.70. The molecule has 2 rings (SSSR count). The second kappa shape index (κ2) is 7.95. The molecule has 1 atom stereocenters. The molecule has 2 heteroatoms. The lowest BCUT2D eigenvalue weighted by Gasteiger charge is -2.29. The van der Waals surface area contributed by atoms with Gasteiger partial charge in [0.05, 0.1) is 0 Å². The Kier molecular flexibility index (Phi) is 6.25. The van der Waals surface area contributed by atoms with Gasteiger partial charge in [0.25, 0.3) is 0 Å². The van der Waals surface area contributed by atoms with E-state index in [1.165, 1.54) is 48.9 Å². The standard InChI is InChI=1S/C19H32N2/c1-5-11-20-19(14-21(12-6-2)17-9-10-17)18-13-15(3)7-8-16(18)4/h7-8,13,17,19-20H,5-6,9-12,14H2,1-4H3. The minimum absolute atomic E-state index is 0.469. The van der Waals surface area contributed by atoms with Crippen LogP contribution in [0.4, 0.5) is 0 Å². The van der Waals surface area contributed by atoms with Crippen molar-refractivity contribution >= 4 is 0 Å². The number of aryl methyl sites for hydroxylation is 2. The molecular formula is C19H32N2. The van der Waals surface area contributed by atoms with E-state index in [4.69, 9.17) is 0 Å². The van der Waals surface area contributed by atoms with Crippen molar-refractivity contribution in [1.82, 2.24) is 10.2 Å². The molecule has 1 aromatic carbocycles. The maximum Gasteiger partial charge on any atom is 0.0452 e. The maximum absolute atomic E-state index is 3.78. The van der Waals surface area contributed by atoms with Crippen LogP contribution in [-0.4, -0.2) is 30.6 Å². The Morgan fingerprint density at radius 1 is 1.19 bits per heavy atom. The fourth-order valence-corrected chi connectivity index (χ4v) is 3.11. The number of rotatable bonds is 9. The van der Waals surface area contributed by atoms with Gasteiger partial charge in [-0.1, -0.05) is 37.6 Å². The number of benzene rings is 1. The van der Waals surface area contributed by atoms with E-state index < -0.39 is 0 Å². The van der Waals surface area contributed by atoms with Gasteiger partial charge in [-0.25, -0.2) is 0 Å². The maximum atomic E-state index is 3.78. The molecule has 0 aliphatic heterocycles. The lowest BCUT2D eigenvalue weighted by Crippen LogP contribution is -2.37. The second-order valence-corrected chi connectivity index (χ2v) is 6.59. The fraction of sp³-hybridized carbons (Fsp3) is 0.684. The molecule has 1 N–H and O–H groups in total. The Balaban J connectivity index is 2.14. The summed E-state index contributed by atoms with van der Waals surface area (Å²) in [4.78, 5) is 2.70. The molecule has 1 fully saturated rings. The largest absolute Gasteiger partial charge is 0.309 e. The third kappa shape index (κ3) is 4.82. The summed E-state index contributed by atoms with van der Waals surface area (Å²) in [5.41, 5.74) is 4.28. The van der Waals surface area contributed by atoms with Crippen LogP contribution in [0.1, 0.15) is 62.3 Å². The summed E-state index contributed by atoms with van der Waals surface area (Å²) in [6, 6.07) is 8.19. The molecule has 0 amide bonds. The predicted octanol–water partition coefficient (Wildman–Crippen LogP) is 4.22. The van der Waals surface area contributed by atoms with E-state index in [2.05, 4.69) is 56.1 Å². The van der Waals surface area contributed by atoms with E-state index in [1.54, 1.807) is 0 Å². The third-order valence-corrected chi connectivity index (χ3v) is 4.44. The summed E-state index contributed by atoms with van der Waals surface area (Å²) in [6.45, 7) is 12.5. The number of nitrogens with zero attached hydrogens (tertiary/aromatic N) is 1. The number of nitrogens with one attached hydrogen (secondary N) is 1. The topological polar surface area (TPSA) is 15.3 Å². The molecule has 1 aliphatic rings. The fourth-order valence-electron chi connectivity index (χ4n) is 3.11. The molecule has 0 saturated heterocycles. The average Bonchev–Trinajstić information content (AvgIpc) is 3.30. The molecule has 118 valence electrons. The van der Waals surface area contributed by atoms with Crippen molar-refractivity contribution in [3.05, 3.63) is 34.9 Å². The van der Waals surface area contributed by atoms with Gasteiger partial charge in [-0.2, -0.15) is 0 Å². The first kappa shape index (κ1) is 16.5. The van der Waals surface area contributed by atoms with E-state index in [0.29, 0.717) is 6.04 Å². The van der Waals surface area contributed by atoms with Gasteiger partial charge in [0, 0.05) is 18.6 Å². The van der Waals surface area contributed by atoms with E-state index >= 15 is 0 Å². The highest BCUT2D eigenvalue weighted by Crippen LogP contribution is 2.30. The zero-order valence-corrected chi connectivity index (χ0v) is 14.3. The van der Waals surface area contributed by atoms with E-state index in [0.717, 1.165) is 19.1 Å². The zero-order chi connectivity index (χ0) is 15.2. The molecule has 21 heavy (non-hydrogen) atoms. The van der Waals surface area contributed by atoms with Crippen LogP contribution in [0.3, 0.4) is 0 Å². The van der Waals surface area contributed by atoms with Crippen LogP contribution in [-0.2, 0) is 0 Å². The van der Waals surface area contributed by atoms with Crippen LogP contribution in [0.2, 0.25) is 0 Å². The lowest BCUT2D eigenvalue weighted by atomic mass is 9.98. The van der Waals surface area contributed by atoms with Crippen molar-refractivity contribution in [3.8, 4) is 0 Å². The van der Waals surface area contributed by atoms with Crippen molar-refractivity contribution in [1.29, 1.82) is 0 Å². The predicted molar refractivity (Wildman–Crippen MR) is 91.8 cm³/mol. The highest BCUT2D eigenvalue weighted by molar-refractivity contribution is 5.33. The summed E-state index contributed by atoms with van der Waals surface area (Å²) >= 11 is 0. The smallest absolute Gasteiger partial charge is 0.0452 e. The minimum atomic E-state index is 0.469. The molecule has 0 heterocycles. The summed E-state index contributed by atoms with van der Waals surface area (Å²) in [5, 5.41) is 3.78. The van der Waals surface area contributed by atoms with E-state index in [-0.39, 0.29) is 0 Å². The highest BCUT2D eigenvalue weighted by Gasteiger charge is 2.30. The van der Waals surface area contributed by atoms with Crippen LogP contribution >= 0.6 is 0 Å². The SMILES string of the molecule is CCCNC(CN(CCC)C1CC1)c1cc(C)ccc1C. The molecule has 1 unspecified atom stereocenters. The monoisotopic (exact) mass is 288 g/mol. The molecule has 1 aromatic rings. The molecule has 1 saturated carbocycles. The molecule has 0 spiro atoms. The Hall–Kier alpha value is -0.860. The van der Waals surface area contributed by atoms with Crippen LogP contribution in [0.5, 0.6) is 0 Å². The Bertz CT molecular complexity index is 437. The van der Waals surface area contributed by atoms with Crippen molar-refractivity contribution in [2.75, 3.05) is 19.6 Å². The molecular weight excluding hydrogens is 256 g/mol. The average molecular weight is 288 g/mol. The summed E-state index contributed by atoms with van der Waals surface area (Å²) < 4.78 is 0. The van der Waals surface area contributed by atoms with Gasteiger partial charge in [-0.05, 0) is 63.7 Å². The summed E-state index contributed by atoms with van der Waals surface area (Å²) in [7, 11) is 0. The van der Waals surface area contributed by atoms with Crippen molar-refractivity contribution in [2.24, 2.45) is 0 Å². The zero-order valence-electron chi connectivity index (χ0n) is 14.3. The van der Waals surface area contributed by atoms with Crippen LogP contribution in [0.25, 0.3) is 0 Å². The molecule has 1 aliphatic carbocycles. The highest BCUT2D eigenvalue weighted by atomic mass is 15.2. The van der Waals surface area contributed by atoms with Crippen LogP contribution in [0.15, 0.2) is 18.2 Å². The number of hydrogen-bond acceptors (Lipinski definition) is 2. The first-order valence-electron chi connectivity index (χ1n) is 8.70. The van der Waals surface area contributed by atoms with Crippen molar-refractivity contribution < 1.29 is 0 Å². The lowest BCUT2D eigenvalue weighted by molar-refractivity contribution is 0.233. The minimum Gasteiger partial charge on any atom is -0.309 e. The second-order valence-electron chi connectivity index (χ2n) is 6.59. The van der Waals surface area contributed by atoms with Gasteiger partial charge >= 0.3 is 0 Å².